The van der Waals surface area contributed by atoms with Gasteiger partial charge in [0.05, 0.1) is 11.5 Å². The molecule has 0 aliphatic rings. The van der Waals surface area contributed by atoms with E-state index in [-0.39, 0.29) is 18.9 Å². The van der Waals surface area contributed by atoms with E-state index in [2.05, 4.69) is 5.32 Å². The summed E-state index contributed by atoms with van der Waals surface area (Å²) in [5, 5.41) is 2.79. The van der Waals surface area contributed by atoms with Crippen molar-refractivity contribution in [3.8, 4) is 0 Å². The molecule has 0 heterocycles. The summed E-state index contributed by atoms with van der Waals surface area (Å²) in [5.41, 5.74) is 4.91. The normalized spacial score (nSPS) is 13.9. The molecule has 0 aliphatic carbocycles. The van der Waals surface area contributed by atoms with Crippen molar-refractivity contribution in [3.05, 3.63) is 35.4 Å². The molecule has 0 spiro atoms. The predicted molar refractivity (Wildman–Crippen MR) is 75.6 cm³/mol. The molecule has 3 N–H and O–H groups in total. The van der Waals surface area contributed by atoms with Gasteiger partial charge in [0, 0.05) is 12.1 Å². The number of hydrogen-bond donors (Lipinski definition) is 2. The van der Waals surface area contributed by atoms with E-state index in [0.717, 1.165) is 12.1 Å². The largest absolute Gasteiger partial charge is 0.416 e. The van der Waals surface area contributed by atoms with Crippen LogP contribution in [-0.2, 0) is 17.4 Å². The molecule has 1 aromatic carbocycles. The molecular formula is C15H21F3N2O. The molecule has 6 heteroatoms. The zero-order chi connectivity index (χ0) is 16.3. The molecule has 0 aliphatic heterocycles. The number of carbonyl (C=O) groups excluding carboxylic acids is 1. The number of nitrogens with two attached hydrogens (primary N) is 1. The highest BCUT2D eigenvalue weighted by atomic mass is 19.4. The highest BCUT2D eigenvalue weighted by Gasteiger charge is 2.30. The van der Waals surface area contributed by atoms with Gasteiger partial charge in [-0.15, -0.1) is 0 Å². The highest BCUT2D eigenvalue weighted by Crippen LogP contribution is 2.30. The fraction of sp³-hybridized carbons (Fsp3) is 0.533. The fourth-order valence-corrected chi connectivity index (χ4v) is 1.91. The summed E-state index contributed by atoms with van der Waals surface area (Å²) in [6.45, 7) is 5.59. The third kappa shape index (κ3) is 5.75. The average Bonchev–Trinajstić information content (AvgIpc) is 2.33. The lowest BCUT2D eigenvalue weighted by atomic mass is 9.96. The third-order valence-electron chi connectivity index (χ3n) is 2.89. The minimum absolute atomic E-state index is 0.0815. The molecule has 21 heavy (non-hydrogen) atoms. The summed E-state index contributed by atoms with van der Waals surface area (Å²) in [5.74, 6) is -0.796. The van der Waals surface area contributed by atoms with Gasteiger partial charge in [-0.2, -0.15) is 13.2 Å². The second kappa shape index (κ2) is 6.47. The summed E-state index contributed by atoms with van der Waals surface area (Å²) < 4.78 is 38.0. The molecule has 3 nitrogen and oxygen atoms in total. The number of carbonyl (C=O) groups is 1. The van der Waals surface area contributed by atoms with Gasteiger partial charge in [0.2, 0.25) is 5.91 Å². The van der Waals surface area contributed by atoms with Gasteiger partial charge >= 0.3 is 6.18 Å². The molecule has 0 bridgehead atoms. The summed E-state index contributed by atoms with van der Waals surface area (Å²) in [6, 6.07) is 4.98. The van der Waals surface area contributed by atoms with Crippen molar-refractivity contribution >= 4 is 5.91 Å². The Morgan fingerprint density at radius 1 is 1.29 bits per heavy atom. The molecular weight excluding hydrogens is 281 g/mol. The Morgan fingerprint density at radius 2 is 1.90 bits per heavy atom. The van der Waals surface area contributed by atoms with Gasteiger partial charge in [-0.25, -0.2) is 0 Å². The molecule has 0 saturated carbocycles. The zero-order valence-corrected chi connectivity index (χ0v) is 12.4. The van der Waals surface area contributed by atoms with E-state index in [1.165, 1.54) is 6.07 Å². The highest BCUT2D eigenvalue weighted by molar-refractivity contribution is 5.79. The van der Waals surface area contributed by atoms with Crippen LogP contribution in [-0.4, -0.2) is 18.0 Å². The van der Waals surface area contributed by atoms with E-state index >= 15 is 0 Å². The van der Waals surface area contributed by atoms with Gasteiger partial charge in [-0.05, 0) is 38.8 Å². The second-order valence-electron chi connectivity index (χ2n) is 6.07. The van der Waals surface area contributed by atoms with Crippen molar-refractivity contribution in [3.63, 3.8) is 0 Å². The maximum atomic E-state index is 12.7. The molecule has 1 rings (SSSR count). The van der Waals surface area contributed by atoms with E-state index in [4.69, 9.17) is 5.73 Å². The summed E-state index contributed by atoms with van der Waals surface area (Å²) in [6.07, 6.45) is -4.20. The van der Waals surface area contributed by atoms with Gasteiger partial charge in [0.25, 0.3) is 0 Å². The lowest BCUT2D eigenvalue weighted by Gasteiger charge is -2.24. The van der Waals surface area contributed by atoms with Crippen molar-refractivity contribution in [2.75, 3.05) is 6.54 Å². The van der Waals surface area contributed by atoms with Gasteiger partial charge in [0.15, 0.2) is 0 Å². The molecule has 0 saturated heterocycles. The number of amides is 1. The minimum atomic E-state index is -4.39. The Hall–Kier alpha value is -1.56. The predicted octanol–water partition coefficient (Wildman–Crippen LogP) is 2.74. The van der Waals surface area contributed by atoms with Crippen LogP contribution in [0, 0.1) is 5.92 Å². The topological polar surface area (TPSA) is 55.1 Å². The Labute approximate surface area is 122 Å². The van der Waals surface area contributed by atoms with Crippen LogP contribution in [0.5, 0.6) is 0 Å². The van der Waals surface area contributed by atoms with Crippen LogP contribution in [0.3, 0.4) is 0 Å². The summed E-state index contributed by atoms with van der Waals surface area (Å²) >= 11 is 0. The van der Waals surface area contributed by atoms with Gasteiger partial charge < -0.3 is 11.1 Å². The first-order valence-corrected chi connectivity index (χ1v) is 6.71. The summed E-state index contributed by atoms with van der Waals surface area (Å²) in [4.78, 5) is 12.1. The van der Waals surface area contributed by atoms with E-state index < -0.39 is 23.2 Å². The number of rotatable bonds is 4. The summed E-state index contributed by atoms with van der Waals surface area (Å²) in [7, 11) is 0. The van der Waals surface area contributed by atoms with Crippen LogP contribution < -0.4 is 11.1 Å². The monoisotopic (exact) mass is 302 g/mol. The molecule has 1 unspecified atom stereocenters. The van der Waals surface area contributed by atoms with Crippen LogP contribution in [0.2, 0.25) is 0 Å². The zero-order valence-electron chi connectivity index (χ0n) is 12.4. The van der Waals surface area contributed by atoms with Gasteiger partial charge in [-0.1, -0.05) is 18.2 Å². The maximum absolute atomic E-state index is 12.7. The molecule has 1 atom stereocenters. The standard InChI is InChI=1S/C15H21F3N2O/c1-14(2,3)20-13(21)11(9-19)7-10-5-4-6-12(8-10)15(16,17)18/h4-6,8,11H,7,9,19H2,1-3H3,(H,20,21). The van der Waals surface area contributed by atoms with Crippen LogP contribution >= 0.6 is 0 Å². The molecule has 118 valence electrons. The van der Waals surface area contributed by atoms with Crippen molar-refractivity contribution in [2.45, 2.75) is 38.9 Å². The van der Waals surface area contributed by atoms with Crippen LogP contribution in [0.25, 0.3) is 0 Å². The maximum Gasteiger partial charge on any atom is 0.416 e. The van der Waals surface area contributed by atoms with Gasteiger partial charge in [0.1, 0.15) is 0 Å². The number of hydrogen-bond acceptors (Lipinski definition) is 2. The molecule has 0 aromatic heterocycles. The number of benzene rings is 1. The number of nitrogens with one attached hydrogen (secondary N) is 1. The number of halogens is 3. The van der Waals surface area contributed by atoms with Crippen LogP contribution in [0.1, 0.15) is 31.9 Å². The van der Waals surface area contributed by atoms with E-state index in [1.54, 1.807) is 6.07 Å². The molecule has 0 fully saturated rings. The Balaban J connectivity index is 2.85. The molecule has 1 amide bonds. The van der Waals surface area contributed by atoms with Gasteiger partial charge in [-0.3, -0.25) is 4.79 Å². The second-order valence-corrected chi connectivity index (χ2v) is 6.07. The average molecular weight is 302 g/mol. The van der Waals surface area contributed by atoms with E-state index in [9.17, 15) is 18.0 Å². The Kier molecular flexibility index (Phi) is 5.39. The SMILES string of the molecule is CC(C)(C)NC(=O)C(CN)Cc1cccc(C(F)(F)F)c1. The number of alkyl halides is 3. The van der Waals surface area contributed by atoms with E-state index in [1.807, 2.05) is 20.8 Å². The lowest BCUT2D eigenvalue weighted by molar-refractivity contribution is -0.137. The van der Waals surface area contributed by atoms with E-state index in [0.29, 0.717) is 5.56 Å². The third-order valence-corrected chi connectivity index (χ3v) is 2.89. The van der Waals surface area contributed by atoms with Crippen molar-refractivity contribution < 1.29 is 18.0 Å². The lowest BCUT2D eigenvalue weighted by Crippen LogP contribution is -2.46. The van der Waals surface area contributed by atoms with Crippen LogP contribution in [0.4, 0.5) is 13.2 Å². The minimum Gasteiger partial charge on any atom is -0.351 e. The first-order chi connectivity index (χ1) is 9.53. The first-order valence-electron chi connectivity index (χ1n) is 6.71. The Bertz CT molecular complexity index is 492. The molecule has 0 radical (unpaired) electrons. The van der Waals surface area contributed by atoms with Crippen molar-refractivity contribution in [1.82, 2.24) is 5.32 Å². The smallest absolute Gasteiger partial charge is 0.351 e. The quantitative estimate of drug-likeness (QED) is 0.898. The van der Waals surface area contributed by atoms with Crippen molar-refractivity contribution in [1.29, 1.82) is 0 Å². The first kappa shape index (κ1) is 17.5. The molecule has 1 aromatic rings. The fourth-order valence-electron chi connectivity index (χ4n) is 1.91. The van der Waals surface area contributed by atoms with Crippen molar-refractivity contribution in [2.24, 2.45) is 11.7 Å². The van der Waals surface area contributed by atoms with Crippen LogP contribution in [0.15, 0.2) is 24.3 Å². The Morgan fingerprint density at radius 3 is 2.38 bits per heavy atom.